The highest BCUT2D eigenvalue weighted by molar-refractivity contribution is 5.86. The summed E-state index contributed by atoms with van der Waals surface area (Å²) in [5, 5.41) is 14.4. The zero-order chi connectivity index (χ0) is 24.0. The predicted octanol–water partition coefficient (Wildman–Crippen LogP) is 3.16. The van der Waals surface area contributed by atoms with Crippen LogP contribution >= 0.6 is 0 Å². The third-order valence-electron chi connectivity index (χ3n) is 6.07. The minimum Gasteiger partial charge on any atom is -0.481 e. The van der Waals surface area contributed by atoms with E-state index < -0.39 is 36.0 Å². The van der Waals surface area contributed by atoms with E-state index in [1.54, 1.807) is 6.92 Å². The van der Waals surface area contributed by atoms with Gasteiger partial charge in [-0.05, 0) is 36.1 Å². The molecule has 1 aliphatic rings. The van der Waals surface area contributed by atoms with E-state index in [4.69, 9.17) is 14.6 Å². The Morgan fingerprint density at radius 3 is 2.09 bits per heavy atom. The van der Waals surface area contributed by atoms with Crippen molar-refractivity contribution >= 4 is 18.0 Å². The van der Waals surface area contributed by atoms with E-state index in [2.05, 4.69) is 22.8 Å². The van der Waals surface area contributed by atoms with Gasteiger partial charge >= 0.3 is 12.1 Å². The lowest BCUT2D eigenvalue weighted by atomic mass is 9.98. The van der Waals surface area contributed by atoms with E-state index in [1.807, 2.05) is 36.4 Å². The molecule has 0 heterocycles. The van der Waals surface area contributed by atoms with Gasteiger partial charge in [-0.2, -0.15) is 0 Å². The molecule has 8 heteroatoms. The summed E-state index contributed by atoms with van der Waals surface area (Å²) >= 11 is 0. The summed E-state index contributed by atoms with van der Waals surface area (Å²) in [6, 6.07) is 14.5. The highest BCUT2D eigenvalue weighted by Crippen LogP contribution is 2.44. The lowest BCUT2D eigenvalue weighted by Gasteiger charge is -2.23. The molecule has 2 aromatic carbocycles. The lowest BCUT2D eigenvalue weighted by Crippen LogP contribution is -2.51. The molecule has 0 saturated carbocycles. The van der Waals surface area contributed by atoms with Crippen molar-refractivity contribution in [2.24, 2.45) is 5.92 Å². The molecule has 0 spiro atoms. The van der Waals surface area contributed by atoms with Gasteiger partial charge in [0.05, 0.1) is 5.92 Å². The van der Waals surface area contributed by atoms with Crippen molar-refractivity contribution in [3.05, 3.63) is 59.7 Å². The average molecular weight is 455 g/mol. The van der Waals surface area contributed by atoms with Gasteiger partial charge in [0, 0.05) is 32.1 Å². The second kappa shape index (κ2) is 11.0. The van der Waals surface area contributed by atoms with E-state index in [-0.39, 0.29) is 25.6 Å². The number of nitrogens with one attached hydrogen (secondary N) is 2. The molecule has 1 aliphatic carbocycles. The minimum absolute atomic E-state index is 0.0918. The molecule has 2 amide bonds. The topological polar surface area (TPSA) is 114 Å². The first kappa shape index (κ1) is 24.3. The minimum atomic E-state index is -1.01. The summed E-state index contributed by atoms with van der Waals surface area (Å²) in [7, 11) is 1.50. The molecule has 3 N–H and O–H groups in total. The van der Waals surface area contributed by atoms with Crippen LogP contribution in [0, 0.1) is 5.92 Å². The highest BCUT2D eigenvalue weighted by Gasteiger charge is 2.30. The van der Waals surface area contributed by atoms with Crippen LogP contribution in [0.25, 0.3) is 11.1 Å². The van der Waals surface area contributed by atoms with E-state index >= 15 is 0 Å². The summed E-state index contributed by atoms with van der Waals surface area (Å²) < 4.78 is 10.6. The van der Waals surface area contributed by atoms with Crippen molar-refractivity contribution in [2.45, 2.75) is 38.3 Å². The average Bonchev–Trinajstić information content (AvgIpc) is 3.13. The molecule has 3 atom stereocenters. The summed E-state index contributed by atoms with van der Waals surface area (Å²) in [6.07, 6.45) is -0.493. The molecule has 3 unspecified atom stereocenters. The van der Waals surface area contributed by atoms with E-state index in [1.165, 1.54) is 14.0 Å². The maximum atomic E-state index is 12.7. The zero-order valence-electron chi connectivity index (χ0n) is 19.0. The number of hydrogen-bond donors (Lipinski definition) is 3. The smallest absolute Gasteiger partial charge is 0.407 e. The molecule has 33 heavy (non-hydrogen) atoms. The fourth-order valence-electron chi connectivity index (χ4n) is 3.95. The predicted molar refractivity (Wildman–Crippen MR) is 123 cm³/mol. The molecule has 2 aromatic rings. The number of carboxylic acids is 1. The van der Waals surface area contributed by atoms with E-state index in [0.717, 1.165) is 22.3 Å². The first-order valence-corrected chi connectivity index (χ1v) is 11.0. The Balaban J connectivity index is 1.64. The summed E-state index contributed by atoms with van der Waals surface area (Å²) in [6.45, 7) is 3.49. The number of amides is 2. The number of benzene rings is 2. The third-order valence-corrected chi connectivity index (χ3v) is 6.07. The monoisotopic (exact) mass is 454 g/mol. The van der Waals surface area contributed by atoms with Crippen LogP contribution in [-0.2, 0) is 19.1 Å². The van der Waals surface area contributed by atoms with Gasteiger partial charge in [0.1, 0.15) is 12.6 Å². The van der Waals surface area contributed by atoms with Crippen molar-refractivity contribution in [1.82, 2.24) is 10.6 Å². The van der Waals surface area contributed by atoms with Crippen LogP contribution in [0.2, 0.25) is 0 Å². The van der Waals surface area contributed by atoms with Crippen LogP contribution in [0.15, 0.2) is 48.5 Å². The lowest BCUT2D eigenvalue weighted by molar-refractivity contribution is -0.142. The Kier molecular flexibility index (Phi) is 8.06. The second-order valence-corrected chi connectivity index (χ2v) is 8.23. The van der Waals surface area contributed by atoms with Gasteiger partial charge in [0.25, 0.3) is 0 Å². The Morgan fingerprint density at radius 2 is 1.55 bits per heavy atom. The molecule has 176 valence electrons. The fourth-order valence-corrected chi connectivity index (χ4v) is 3.95. The maximum Gasteiger partial charge on any atom is 0.407 e. The molecule has 0 saturated heterocycles. The van der Waals surface area contributed by atoms with Gasteiger partial charge in [-0.25, -0.2) is 4.79 Å². The van der Waals surface area contributed by atoms with Gasteiger partial charge in [-0.15, -0.1) is 0 Å². The van der Waals surface area contributed by atoms with Crippen LogP contribution in [-0.4, -0.2) is 55.5 Å². The van der Waals surface area contributed by atoms with Gasteiger partial charge in [0.2, 0.25) is 5.91 Å². The highest BCUT2D eigenvalue weighted by atomic mass is 16.5. The largest absolute Gasteiger partial charge is 0.481 e. The number of rotatable bonds is 10. The summed E-state index contributed by atoms with van der Waals surface area (Å²) in [5.74, 6) is -2.36. The van der Waals surface area contributed by atoms with Gasteiger partial charge in [-0.1, -0.05) is 48.5 Å². The van der Waals surface area contributed by atoms with Crippen LogP contribution in [0.4, 0.5) is 4.79 Å². The van der Waals surface area contributed by atoms with Crippen molar-refractivity contribution in [3.63, 3.8) is 0 Å². The Morgan fingerprint density at radius 1 is 0.970 bits per heavy atom. The maximum absolute atomic E-state index is 12.7. The Labute approximate surface area is 193 Å². The van der Waals surface area contributed by atoms with Crippen LogP contribution in [0.5, 0.6) is 0 Å². The molecular weight excluding hydrogens is 424 g/mol. The standard InChI is InChI=1S/C25H30N2O6/c1-15(24(29)30)16(2)26-23(28)22(12-13-32-3)27-25(31)33-14-21-19-10-6-4-8-17(19)18-9-5-7-11-20(18)21/h4-11,15-16,21-22H,12-14H2,1-3H3,(H,26,28)(H,27,31)(H,29,30). The number of ether oxygens (including phenoxy) is 2. The Hall–Kier alpha value is -3.39. The molecule has 0 radical (unpaired) electrons. The molecule has 8 nitrogen and oxygen atoms in total. The van der Waals surface area contributed by atoms with Gasteiger partial charge in [0.15, 0.2) is 0 Å². The number of carbonyl (C=O) groups excluding carboxylic acids is 2. The molecule has 0 aromatic heterocycles. The number of fused-ring (bicyclic) bond motifs is 3. The molecular formula is C25H30N2O6. The summed E-state index contributed by atoms with van der Waals surface area (Å²) in [5.41, 5.74) is 4.44. The first-order chi connectivity index (χ1) is 15.8. The second-order valence-electron chi connectivity index (χ2n) is 8.23. The zero-order valence-corrected chi connectivity index (χ0v) is 19.0. The third kappa shape index (κ3) is 5.70. The number of carbonyl (C=O) groups is 3. The van der Waals surface area contributed by atoms with E-state index in [0.29, 0.717) is 0 Å². The number of alkyl carbamates (subject to hydrolysis) is 1. The van der Waals surface area contributed by atoms with E-state index in [9.17, 15) is 14.4 Å². The number of hydrogen-bond acceptors (Lipinski definition) is 5. The van der Waals surface area contributed by atoms with Gasteiger partial charge in [-0.3, -0.25) is 9.59 Å². The Bertz CT molecular complexity index is 962. The van der Waals surface area contributed by atoms with Crippen molar-refractivity contribution in [1.29, 1.82) is 0 Å². The molecule has 0 fully saturated rings. The van der Waals surface area contributed by atoms with Crippen molar-refractivity contribution in [3.8, 4) is 11.1 Å². The number of methoxy groups -OCH3 is 1. The SMILES string of the molecule is COCCC(NC(=O)OCC1c2ccccc2-c2ccccc21)C(=O)NC(C)C(C)C(=O)O. The van der Waals surface area contributed by atoms with Crippen LogP contribution < -0.4 is 10.6 Å². The fraction of sp³-hybridized carbons (Fsp3) is 0.400. The number of aliphatic carboxylic acids is 1. The molecule has 3 rings (SSSR count). The van der Waals surface area contributed by atoms with Crippen molar-refractivity contribution in [2.75, 3.05) is 20.3 Å². The van der Waals surface area contributed by atoms with Gasteiger partial charge < -0.3 is 25.2 Å². The molecule has 0 aliphatic heterocycles. The quantitative estimate of drug-likeness (QED) is 0.508. The summed E-state index contributed by atoms with van der Waals surface area (Å²) in [4.78, 5) is 36.4. The van der Waals surface area contributed by atoms with Crippen LogP contribution in [0.1, 0.15) is 37.3 Å². The number of carboxylic acid groups (broad SMARTS) is 1. The first-order valence-electron chi connectivity index (χ1n) is 11.0. The van der Waals surface area contributed by atoms with Crippen LogP contribution in [0.3, 0.4) is 0 Å². The van der Waals surface area contributed by atoms with Crippen molar-refractivity contribution < 1.29 is 29.0 Å². The molecule has 0 bridgehead atoms. The normalized spacial score (nSPS) is 15.0.